The lowest BCUT2D eigenvalue weighted by Crippen LogP contribution is -2.17. The summed E-state index contributed by atoms with van der Waals surface area (Å²) in [7, 11) is 0. The van der Waals surface area contributed by atoms with Crippen LogP contribution in [0.3, 0.4) is 0 Å². The van der Waals surface area contributed by atoms with Crippen LogP contribution >= 0.6 is 0 Å². The van der Waals surface area contributed by atoms with Gasteiger partial charge in [0.15, 0.2) is 0 Å². The summed E-state index contributed by atoms with van der Waals surface area (Å²) in [5.41, 5.74) is 5.34. The van der Waals surface area contributed by atoms with Crippen LogP contribution in [-0.2, 0) is 0 Å². The van der Waals surface area contributed by atoms with Crippen molar-refractivity contribution in [1.82, 2.24) is 0 Å². The first-order valence-corrected chi connectivity index (χ1v) is 6.73. The molecule has 2 aliphatic rings. The SMILES string of the molecule is C1=CC2Nc3cccc(-c4ccccc4)c3C2C=C1. The molecule has 0 saturated carbocycles. The molecular formula is C18H15N. The van der Waals surface area contributed by atoms with Crippen LogP contribution in [0, 0.1) is 0 Å². The number of anilines is 1. The van der Waals surface area contributed by atoms with Gasteiger partial charge in [0, 0.05) is 11.6 Å². The molecule has 1 heteroatoms. The predicted molar refractivity (Wildman–Crippen MR) is 80.3 cm³/mol. The third kappa shape index (κ3) is 1.62. The first kappa shape index (κ1) is 10.6. The molecule has 2 unspecified atom stereocenters. The highest BCUT2D eigenvalue weighted by Crippen LogP contribution is 2.44. The van der Waals surface area contributed by atoms with Gasteiger partial charge in [-0.1, -0.05) is 66.8 Å². The quantitative estimate of drug-likeness (QED) is 0.787. The van der Waals surface area contributed by atoms with E-state index in [1.807, 2.05) is 0 Å². The van der Waals surface area contributed by atoms with Gasteiger partial charge < -0.3 is 5.32 Å². The molecule has 1 nitrogen and oxygen atoms in total. The molecule has 1 heterocycles. The highest BCUT2D eigenvalue weighted by atomic mass is 15.0. The van der Waals surface area contributed by atoms with Crippen LogP contribution in [0.1, 0.15) is 11.5 Å². The highest BCUT2D eigenvalue weighted by molar-refractivity contribution is 5.79. The van der Waals surface area contributed by atoms with Crippen molar-refractivity contribution < 1.29 is 0 Å². The minimum Gasteiger partial charge on any atom is -0.378 e. The fourth-order valence-electron chi connectivity index (χ4n) is 3.12. The molecule has 0 saturated heterocycles. The van der Waals surface area contributed by atoms with Crippen molar-refractivity contribution in [2.75, 3.05) is 5.32 Å². The molecule has 2 aromatic carbocycles. The molecule has 0 fully saturated rings. The van der Waals surface area contributed by atoms with E-state index in [2.05, 4.69) is 78.2 Å². The van der Waals surface area contributed by atoms with Gasteiger partial charge in [-0.3, -0.25) is 0 Å². The molecule has 0 radical (unpaired) electrons. The number of allylic oxidation sites excluding steroid dienone is 2. The zero-order valence-electron chi connectivity index (χ0n) is 10.6. The molecule has 4 rings (SSSR count). The van der Waals surface area contributed by atoms with Crippen LogP contribution in [0.4, 0.5) is 5.69 Å². The molecule has 0 amide bonds. The zero-order valence-corrected chi connectivity index (χ0v) is 10.6. The Hall–Kier alpha value is -2.28. The summed E-state index contributed by atoms with van der Waals surface area (Å²) in [6, 6.07) is 17.6. The zero-order chi connectivity index (χ0) is 12.7. The average molecular weight is 245 g/mol. The molecule has 0 bridgehead atoms. The molecule has 92 valence electrons. The van der Waals surface area contributed by atoms with Crippen LogP contribution in [0.25, 0.3) is 11.1 Å². The Morgan fingerprint density at radius 1 is 0.789 bits per heavy atom. The smallest absolute Gasteiger partial charge is 0.0552 e. The monoisotopic (exact) mass is 245 g/mol. The molecule has 2 aromatic rings. The van der Waals surface area contributed by atoms with Crippen molar-refractivity contribution in [2.24, 2.45) is 0 Å². The Morgan fingerprint density at radius 3 is 2.53 bits per heavy atom. The summed E-state index contributed by atoms with van der Waals surface area (Å²) in [4.78, 5) is 0. The van der Waals surface area contributed by atoms with E-state index < -0.39 is 0 Å². The second-order valence-electron chi connectivity index (χ2n) is 5.10. The van der Waals surface area contributed by atoms with Crippen molar-refractivity contribution in [3.63, 3.8) is 0 Å². The molecule has 1 aliphatic heterocycles. The maximum atomic E-state index is 3.61. The molecule has 0 spiro atoms. The number of hydrogen-bond donors (Lipinski definition) is 1. The molecule has 19 heavy (non-hydrogen) atoms. The summed E-state index contributed by atoms with van der Waals surface area (Å²) in [5, 5.41) is 3.61. The van der Waals surface area contributed by atoms with Crippen molar-refractivity contribution in [3.05, 3.63) is 78.4 Å². The lowest BCUT2D eigenvalue weighted by molar-refractivity contribution is 0.806. The second-order valence-corrected chi connectivity index (χ2v) is 5.10. The fraction of sp³-hybridized carbons (Fsp3) is 0.111. The Morgan fingerprint density at radius 2 is 1.63 bits per heavy atom. The van der Waals surface area contributed by atoms with Gasteiger partial charge >= 0.3 is 0 Å². The normalized spacial score (nSPS) is 22.7. The van der Waals surface area contributed by atoms with Crippen molar-refractivity contribution >= 4 is 5.69 Å². The van der Waals surface area contributed by atoms with Gasteiger partial charge in [0.25, 0.3) is 0 Å². The number of fused-ring (bicyclic) bond motifs is 3. The summed E-state index contributed by atoms with van der Waals surface area (Å²) in [5.74, 6) is 0.455. The fourth-order valence-corrected chi connectivity index (χ4v) is 3.12. The van der Waals surface area contributed by atoms with Crippen molar-refractivity contribution in [3.8, 4) is 11.1 Å². The molecule has 0 aromatic heterocycles. The summed E-state index contributed by atoms with van der Waals surface area (Å²) in [6.07, 6.45) is 8.83. The predicted octanol–water partition coefficient (Wildman–Crippen LogP) is 4.36. The van der Waals surface area contributed by atoms with Gasteiger partial charge in [-0.2, -0.15) is 0 Å². The van der Waals surface area contributed by atoms with Gasteiger partial charge in [-0.25, -0.2) is 0 Å². The molecule has 1 N–H and O–H groups in total. The topological polar surface area (TPSA) is 12.0 Å². The molecule has 1 aliphatic carbocycles. The van der Waals surface area contributed by atoms with Gasteiger partial charge in [-0.05, 0) is 22.8 Å². The van der Waals surface area contributed by atoms with E-state index in [4.69, 9.17) is 0 Å². The van der Waals surface area contributed by atoms with Crippen molar-refractivity contribution in [1.29, 1.82) is 0 Å². The van der Waals surface area contributed by atoms with Crippen LogP contribution in [0.15, 0.2) is 72.8 Å². The Bertz CT molecular complexity index is 667. The van der Waals surface area contributed by atoms with Crippen LogP contribution in [0.5, 0.6) is 0 Å². The number of benzene rings is 2. The summed E-state index contributed by atoms with van der Waals surface area (Å²) in [6.45, 7) is 0. The largest absolute Gasteiger partial charge is 0.378 e. The first-order chi connectivity index (χ1) is 9.43. The summed E-state index contributed by atoms with van der Waals surface area (Å²) < 4.78 is 0. The lowest BCUT2D eigenvalue weighted by Gasteiger charge is -2.17. The minimum absolute atomic E-state index is 0.407. The Kier molecular flexibility index (Phi) is 2.31. The lowest BCUT2D eigenvalue weighted by atomic mass is 9.86. The van der Waals surface area contributed by atoms with E-state index in [1.54, 1.807) is 0 Å². The highest BCUT2D eigenvalue weighted by Gasteiger charge is 2.31. The van der Waals surface area contributed by atoms with E-state index in [0.717, 1.165) is 0 Å². The molecule has 2 atom stereocenters. The third-order valence-corrected chi connectivity index (χ3v) is 3.98. The van der Waals surface area contributed by atoms with Crippen LogP contribution < -0.4 is 5.32 Å². The number of nitrogens with one attached hydrogen (secondary N) is 1. The maximum Gasteiger partial charge on any atom is 0.0552 e. The van der Waals surface area contributed by atoms with E-state index in [9.17, 15) is 0 Å². The van der Waals surface area contributed by atoms with Gasteiger partial charge in [0.05, 0.1) is 6.04 Å². The summed E-state index contributed by atoms with van der Waals surface area (Å²) >= 11 is 0. The van der Waals surface area contributed by atoms with Crippen LogP contribution in [-0.4, -0.2) is 6.04 Å². The second kappa shape index (κ2) is 4.13. The average Bonchev–Trinajstić information content (AvgIpc) is 2.86. The maximum absolute atomic E-state index is 3.61. The van der Waals surface area contributed by atoms with E-state index in [-0.39, 0.29) is 0 Å². The number of hydrogen-bond acceptors (Lipinski definition) is 1. The van der Waals surface area contributed by atoms with Gasteiger partial charge in [0.2, 0.25) is 0 Å². The van der Waals surface area contributed by atoms with E-state index in [0.29, 0.717) is 12.0 Å². The van der Waals surface area contributed by atoms with E-state index >= 15 is 0 Å². The Balaban J connectivity index is 1.91. The Labute approximate surface area is 113 Å². The van der Waals surface area contributed by atoms with E-state index in [1.165, 1.54) is 22.4 Å². The van der Waals surface area contributed by atoms with Crippen LogP contribution in [0.2, 0.25) is 0 Å². The molecular weight excluding hydrogens is 230 g/mol. The first-order valence-electron chi connectivity index (χ1n) is 6.73. The minimum atomic E-state index is 0.407. The number of rotatable bonds is 1. The standard InChI is InChI=1S/C18H15N/c1-2-7-13(8-3-1)14-10-6-12-17-18(14)15-9-4-5-11-16(15)19-17/h1-12,15-16,19H. The third-order valence-electron chi connectivity index (χ3n) is 3.98. The van der Waals surface area contributed by atoms with Gasteiger partial charge in [-0.15, -0.1) is 0 Å². The van der Waals surface area contributed by atoms with Gasteiger partial charge in [0.1, 0.15) is 0 Å². The van der Waals surface area contributed by atoms with Crippen molar-refractivity contribution in [2.45, 2.75) is 12.0 Å².